The first kappa shape index (κ1) is 18.2. The van der Waals surface area contributed by atoms with E-state index in [0.29, 0.717) is 24.4 Å². The van der Waals surface area contributed by atoms with Gasteiger partial charge in [-0.3, -0.25) is 9.59 Å². The van der Waals surface area contributed by atoms with Gasteiger partial charge in [0.15, 0.2) is 0 Å². The van der Waals surface area contributed by atoms with E-state index in [2.05, 4.69) is 15.5 Å². The molecule has 1 heterocycles. The van der Waals surface area contributed by atoms with Gasteiger partial charge in [0.2, 0.25) is 5.91 Å². The quantitative estimate of drug-likeness (QED) is 0.699. The van der Waals surface area contributed by atoms with Crippen molar-refractivity contribution in [2.24, 2.45) is 0 Å². The Kier molecular flexibility index (Phi) is 7.02. The standard InChI is InChI=1S/C17H25N3O4/c1-23-10-7-18-17(22)14-11-13(19-16(21)12-24-2)5-6-15(14)20-8-3-4-9-20/h5-6,11H,3-4,7-10,12H2,1-2H3,(H,18,22)(H,19,21). The van der Waals surface area contributed by atoms with E-state index < -0.39 is 0 Å². The van der Waals surface area contributed by atoms with E-state index in [9.17, 15) is 9.59 Å². The Hall–Kier alpha value is -2.12. The van der Waals surface area contributed by atoms with E-state index in [1.807, 2.05) is 12.1 Å². The average Bonchev–Trinajstić information content (AvgIpc) is 3.09. The number of methoxy groups -OCH3 is 2. The van der Waals surface area contributed by atoms with Crippen molar-refractivity contribution in [3.63, 3.8) is 0 Å². The Morgan fingerprint density at radius 3 is 2.58 bits per heavy atom. The summed E-state index contributed by atoms with van der Waals surface area (Å²) < 4.78 is 9.78. The number of nitrogens with zero attached hydrogens (tertiary/aromatic N) is 1. The van der Waals surface area contributed by atoms with Crippen LogP contribution in [0.5, 0.6) is 0 Å². The van der Waals surface area contributed by atoms with Gasteiger partial charge in [0.05, 0.1) is 12.2 Å². The zero-order chi connectivity index (χ0) is 17.4. The third-order valence-corrected chi connectivity index (χ3v) is 3.84. The maximum Gasteiger partial charge on any atom is 0.253 e. The lowest BCUT2D eigenvalue weighted by Gasteiger charge is -2.22. The number of benzene rings is 1. The van der Waals surface area contributed by atoms with Gasteiger partial charge in [0, 0.05) is 45.2 Å². The molecule has 1 aromatic carbocycles. The molecule has 0 aliphatic carbocycles. The molecule has 0 radical (unpaired) electrons. The minimum absolute atomic E-state index is 0.0246. The number of carbonyl (C=O) groups is 2. The predicted octanol–water partition coefficient (Wildman–Crippen LogP) is 1.25. The van der Waals surface area contributed by atoms with Crippen LogP contribution in [0, 0.1) is 0 Å². The first-order valence-corrected chi connectivity index (χ1v) is 8.10. The normalized spacial score (nSPS) is 13.8. The van der Waals surface area contributed by atoms with Crippen molar-refractivity contribution in [2.45, 2.75) is 12.8 Å². The van der Waals surface area contributed by atoms with Gasteiger partial charge in [-0.2, -0.15) is 0 Å². The summed E-state index contributed by atoms with van der Waals surface area (Å²) in [5, 5.41) is 5.58. The summed E-state index contributed by atoms with van der Waals surface area (Å²) in [4.78, 5) is 26.4. The summed E-state index contributed by atoms with van der Waals surface area (Å²) in [5.41, 5.74) is 2.03. The average molecular weight is 335 g/mol. The van der Waals surface area contributed by atoms with Crippen molar-refractivity contribution in [2.75, 3.05) is 57.3 Å². The van der Waals surface area contributed by atoms with Crippen molar-refractivity contribution in [1.29, 1.82) is 0 Å². The Bertz CT molecular complexity index is 571. The molecule has 0 spiro atoms. The Morgan fingerprint density at radius 1 is 1.17 bits per heavy atom. The number of hydrogen-bond donors (Lipinski definition) is 2. The minimum atomic E-state index is -0.253. The minimum Gasteiger partial charge on any atom is -0.383 e. The molecule has 0 unspecified atom stereocenters. The van der Waals surface area contributed by atoms with E-state index in [1.54, 1.807) is 13.2 Å². The zero-order valence-corrected chi connectivity index (χ0v) is 14.3. The molecule has 1 fully saturated rings. The molecule has 2 amide bonds. The number of nitrogens with one attached hydrogen (secondary N) is 2. The fraction of sp³-hybridized carbons (Fsp3) is 0.529. The highest BCUT2D eigenvalue weighted by atomic mass is 16.5. The van der Waals surface area contributed by atoms with Crippen LogP contribution in [0.25, 0.3) is 0 Å². The molecule has 1 aliphatic rings. The molecule has 0 aromatic heterocycles. The molecule has 1 aliphatic heterocycles. The number of rotatable bonds is 8. The van der Waals surface area contributed by atoms with E-state index in [-0.39, 0.29) is 18.4 Å². The fourth-order valence-corrected chi connectivity index (χ4v) is 2.72. The van der Waals surface area contributed by atoms with E-state index in [0.717, 1.165) is 31.6 Å². The SMILES string of the molecule is COCCNC(=O)c1cc(NC(=O)COC)ccc1N1CCCC1. The van der Waals surface area contributed by atoms with Crippen molar-refractivity contribution in [1.82, 2.24) is 5.32 Å². The lowest BCUT2D eigenvalue weighted by atomic mass is 10.1. The lowest BCUT2D eigenvalue weighted by Crippen LogP contribution is -2.30. The second-order valence-corrected chi connectivity index (χ2v) is 5.66. The molecule has 7 nitrogen and oxygen atoms in total. The van der Waals surface area contributed by atoms with Crippen LogP contribution >= 0.6 is 0 Å². The first-order valence-electron chi connectivity index (χ1n) is 8.10. The fourth-order valence-electron chi connectivity index (χ4n) is 2.72. The van der Waals surface area contributed by atoms with Gasteiger partial charge < -0.3 is 25.0 Å². The van der Waals surface area contributed by atoms with Crippen LogP contribution in [0.1, 0.15) is 23.2 Å². The van der Waals surface area contributed by atoms with Crippen LogP contribution in [-0.4, -0.2) is 58.9 Å². The third kappa shape index (κ3) is 4.94. The summed E-state index contributed by atoms with van der Waals surface area (Å²) in [6, 6.07) is 5.41. The topological polar surface area (TPSA) is 79.9 Å². The molecule has 24 heavy (non-hydrogen) atoms. The predicted molar refractivity (Wildman–Crippen MR) is 92.6 cm³/mol. The van der Waals surface area contributed by atoms with Crippen molar-refractivity contribution < 1.29 is 19.1 Å². The molecular formula is C17H25N3O4. The Morgan fingerprint density at radius 2 is 1.92 bits per heavy atom. The maximum atomic E-state index is 12.5. The highest BCUT2D eigenvalue weighted by Crippen LogP contribution is 2.27. The summed E-state index contributed by atoms with van der Waals surface area (Å²) in [6.07, 6.45) is 2.24. The van der Waals surface area contributed by atoms with Gasteiger partial charge in [-0.15, -0.1) is 0 Å². The number of anilines is 2. The number of amides is 2. The molecule has 2 N–H and O–H groups in total. The van der Waals surface area contributed by atoms with Crippen LogP contribution in [0.15, 0.2) is 18.2 Å². The highest BCUT2D eigenvalue weighted by Gasteiger charge is 2.20. The maximum absolute atomic E-state index is 12.5. The van der Waals surface area contributed by atoms with E-state index in [4.69, 9.17) is 9.47 Å². The summed E-state index contributed by atoms with van der Waals surface area (Å²) in [7, 11) is 3.05. The molecule has 0 atom stereocenters. The van der Waals surface area contributed by atoms with Crippen LogP contribution in [-0.2, 0) is 14.3 Å². The van der Waals surface area contributed by atoms with Crippen LogP contribution in [0.4, 0.5) is 11.4 Å². The smallest absolute Gasteiger partial charge is 0.253 e. The Balaban J connectivity index is 2.20. The van der Waals surface area contributed by atoms with Gasteiger partial charge in [-0.05, 0) is 31.0 Å². The van der Waals surface area contributed by atoms with Gasteiger partial charge in [-0.1, -0.05) is 0 Å². The number of carbonyl (C=O) groups excluding carboxylic acids is 2. The summed E-state index contributed by atoms with van der Waals surface area (Å²) in [6.45, 7) is 2.74. The highest BCUT2D eigenvalue weighted by molar-refractivity contribution is 6.02. The van der Waals surface area contributed by atoms with E-state index >= 15 is 0 Å². The zero-order valence-electron chi connectivity index (χ0n) is 14.3. The summed E-state index contributed by atoms with van der Waals surface area (Å²) in [5.74, 6) is -0.422. The molecule has 0 bridgehead atoms. The second kappa shape index (κ2) is 9.24. The van der Waals surface area contributed by atoms with Gasteiger partial charge in [0.25, 0.3) is 5.91 Å². The monoisotopic (exact) mass is 335 g/mol. The van der Waals surface area contributed by atoms with Crippen molar-refractivity contribution in [3.05, 3.63) is 23.8 Å². The molecule has 132 valence electrons. The molecule has 7 heteroatoms. The van der Waals surface area contributed by atoms with Gasteiger partial charge in [0.1, 0.15) is 6.61 Å². The molecule has 1 saturated heterocycles. The first-order chi connectivity index (χ1) is 11.7. The molecule has 2 rings (SSSR count). The van der Waals surface area contributed by atoms with Gasteiger partial charge >= 0.3 is 0 Å². The molecule has 1 aromatic rings. The molecular weight excluding hydrogens is 310 g/mol. The largest absolute Gasteiger partial charge is 0.383 e. The Labute approximate surface area is 142 Å². The molecule has 0 saturated carbocycles. The lowest BCUT2D eigenvalue weighted by molar-refractivity contribution is -0.119. The van der Waals surface area contributed by atoms with Gasteiger partial charge in [-0.25, -0.2) is 0 Å². The second-order valence-electron chi connectivity index (χ2n) is 5.66. The van der Waals surface area contributed by atoms with Crippen LogP contribution in [0.3, 0.4) is 0 Å². The van der Waals surface area contributed by atoms with Crippen LogP contribution in [0.2, 0.25) is 0 Å². The summed E-state index contributed by atoms with van der Waals surface area (Å²) >= 11 is 0. The van der Waals surface area contributed by atoms with E-state index in [1.165, 1.54) is 7.11 Å². The van der Waals surface area contributed by atoms with Crippen molar-refractivity contribution in [3.8, 4) is 0 Å². The number of ether oxygens (including phenoxy) is 2. The third-order valence-electron chi connectivity index (χ3n) is 3.84. The van der Waals surface area contributed by atoms with Crippen molar-refractivity contribution >= 4 is 23.2 Å². The number of hydrogen-bond acceptors (Lipinski definition) is 5. The van der Waals surface area contributed by atoms with Crippen LogP contribution < -0.4 is 15.5 Å².